The molecule has 168 valence electrons. The fourth-order valence-corrected chi connectivity index (χ4v) is 6.80. The Labute approximate surface area is 199 Å². The van der Waals surface area contributed by atoms with Gasteiger partial charge in [-0.1, -0.05) is 60.3 Å². The van der Waals surface area contributed by atoms with E-state index in [1.165, 1.54) is 28.0 Å². The van der Waals surface area contributed by atoms with Crippen LogP contribution >= 0.6 is 23.1 Å². The van der Waals surface area contributed by atoms with Crippen LogP contribution < -0.4 is 5.32 Å². The number of carboxylic acid groups (broad SMARTS) is 1. The first kappa shape index (κ1) is 21.7. The minimum atomic E-state index is -0.957. The molecule has 1 aromatic heterocycles. The molecule has 33 heavy (non-hydrogen) atoms. The number of hydrogen-bond acceptors (Lipinski definition) is 6. The molecule has 1 fully saturated rings. The molecule has 9 heteroatoms. The van der Waals surface area contributed by atoms with Gasteiger partial charge in [0, 0.05) is 29.5 Å². The van der Waals surface area contributed by atoms with E-state index in [-0.39, 0.29) is 23.6 Å². The van der Waals surface area contributed by atoms with E-state index in [4.69, 9.17) is 4.99 Å². The Morgan fingerprint density at radius 2 is 1.85 bits per heavy atom. The first-order chi connectivity index (χ1) is 16.0. The van der Waals surface area contributed by atoms with Crippen molar-refractivity contribution in [3.8, 4) is 0 Å². The zero-order valence-electron chi connectivity index (χ0n) is 17.6. The van der Waals surface area contributed by atoms with Crippen molar-refractivity contribution in [2.24, 2.45) is 10.9 Å². The van der Waals surface area contributed by atoms with E-state index in [2.05, 4.69) is 22.4 Å². The lowest BCUT2D eigenvalue weighted by molar-refractivity contribution is 0.0977. The van der Waals surface area contributed by atoms with Crippen LogP contribution in [0.1, 0.15) is 20.8 Å². The maximum absolute atomic E-state index is 12.9. The van der Waals surface area contributed by atoms with E-state index in [0.717, 1.165) is 16.9 Å². The third kappa shape index (κ3) is 4.26. The van der Waals surface area contributed by atoms with Crippen LogP contribution in [0.5, 0.6) is 0 Å². The lowest BCUT2D eigenvalue weighted by Crippen LogP contribution is -2.46. The molecule has 0 saturated carbocycles. The Bertz CT molecular complexity index is 1170. The molecule has 3 atom stereocenters. The number of nitrogens with one attached hydrogen (secondary N) is 1. The van der Waals surface area contributed by atoms with Crippen LogP contribution in [0.4, 0.5) is 4.79 Å². The molecule has 2 aromatic carbocycles. The predicted molar refractivity (Wildman–Crippen MR) is 130 cm³/mol. The summed E-state index contributed by atoms with van der Waals surface area (Å²) < 4.78 is 0. The number of carbonyl (C=O) groups is 2. The molecule has 2 aliphatic rings. The van der Waals surface area contributed by atoms with Gasteiger partial charge in [-0.05, 0) is 24.1 Å². The molecule has 2 N–H and O–H groups in total. The molecule has 2 aliphatic heterocycles. The Kier molecular flexibility index (Phi) is 5.90. The largest absolute Gasteiger partial charge is 0.465 e. The zero-order chi connectivity index (χ0) is 22.8. The molecule has 1 saturated heterocycles. The summed E-state index contributed by atoms with van der Waals surface area (Å²) in [5.74, 6) is -0.275. The average molecular weight is 479 g/mol. The summed E-state index contributed by atoms with van der Waals surface area (Å²) >= 11 is 2.99. The maximum Gasteiger partial charge on any atom is 0.407 e. The quantitative estimate of drug-likeness (QED) is 0.589. The molecule has 3 heterocycles. The summed E-state index contributed by atoms with van der Waals surface area (Å²) in [6.07, 6.45) is 1.56. The zero-order valence-corrected chi connectivity index (χ0v) is 19.3. The Balaban J connectivity index is 1.54. The fourth-order valence-electron chi connectivity index (χ4n) is 4.58. The van der Waals surface area contributed by atoms with Crippen molar-refractivity contribution in [3.05, 3.63) is 88.4 Å². The second-order valence-corrected chi connectivity index (χ2v) is 10.3. The molecule has 5 rings (SSSR count). The van der Waals surface area contributed by atoms with Crippen LogP contribution in [0.2, 0.25) is 0 Å². The summed E-state index contributed by atoms with van der Waals surface area (Å²) in [4.78, 5) is 36.5. The second kappa shape index (κ2) is 8.99. The van der Waals surface area contributed by atoms with Crippen LogP contribution in [0.25, 0.3) is 0 Å². The van der Waals surface area contributed by atoms with Gasteiger partial charge >= 0.3 is 6.09 Å². The summed E-state index contributed by atoms with van der Waals surface area (Å²) in [7, 11) is 0. The summed E-state index contributed by atoms with van der Waals surface area (Å²) in [5, 5.41) is 13.3. The van der Waals surface area contributed by atoms with Gasteiger partial charge in [0.05, 0.1) is 16.9 Å². The number of thiazole rings is 1. The highest BCUT2D eigenvalue weighted by atomic mass is 32.2. The van der Waals surface area contributed by atoms with Crippen LogP contribution in [0.3, 0.4) is 0 Å². The van der Waals surface area contributed by atoms with Crippen molar-refractivity contribution >= 4 is 40.3 Å². The molecule has 7 nitrogen and oxygen atoms in total. The molecule has 0 radical (unpaired) electrons. The number of rotatable bonds is 4. The van der Waals surface area contributed by atoms with Gasteiger partial charge in [0.15, 0.2) is 5.17 Å². The lowest BCUT2D eigenvalue weighted by atomic mass is 9.82. The first-order valence-electron chi connectivity index (χ1n) is 10.6. The molecular weight excluding hydrogens is 456 g/mol. The van der Waals surface area contributed by atoms with Crippen molar-refractivity contribution in [1.82, 2.24) is 15.2 Å². The maximum atomic E-state index is 12.9. The molecule has 0 aliphatic carbocycles. The molecule has 2 amide bonds. The second-order valence-electron chi connectivity index (χ2n) is 8.14. The molecular formula is C24H22N4O3S2. The SMILES string of the molecule is O=C(NC1=N[C@@]2(c3cncs3)CN(C(=O)O)C[C@H]2C(Cc2ccccc2)S1)c1ccccc1. The van der Waals surface area contributed by atoms with Crippen molar-refractivity contribution < 1.29 is 14.7 Å². The van der Waals surface area contributed by atoms with Gasteiger partial charge in [0.1, 0.15) is 5.54 Å². The van der Waals surface area contributed by atoms with Gasteiger partial charge in [-0.3, -0.25) is 9.78 Å². The van der Waals surface area contributed by atoms with Crippen LogP contribution in [-0.4, -0.2) is 50.5 Å². The van der Waals surface area contributed by atoms with Gasteiger partial charge in [0.25, 0.3) is 5.91 Å². The fraction of sp³-hybridized carbons (Fsp3) is 0.250. The minimum absolute atomic E-state index is 0.0300. The van der Waals surface area contributed by atoms with Crippen molar-refractivity contribution in [2.45, 2.75) is 17.2 Å². The highest BCUT2D eigenvalue weighted by Gasteiger charge is 2.56. The number of carbonyl (C=O) groups excluding carboxylic acids is 1. The van der Waals surface area contributed by atoms with Gasteiger partial charge < -0.3 is 15.3 Å². The average Bonchev–Trinajstić information content (AvgIpc) is 3.50. The minimum Gasteiger partial charge on any atom is -0.465 e. The Hall–Kier alpha value is -3.17. The van der Waals surface area contributed by atoms with E-state index in [9.17, 15) is 14.7 Å². The number of amides is 2. The highest BCUT2D eigenvalue weighted by Crippen LogP contribution is 2.50. The summed E-state index contributed by atoms with van der Waals surface area (Å²) in [5.41, 5.74) is 2.69. The number of likely N-dealkylation sites (tertiary alicyclic amines) is 1. The summed E-state index contributed by atoms with van der Waals surface area (Å²) in [6, 6.07) is 19.2. The Morgan fingerprint density at radius 1 is 1.12 bits per heavy atom. The third-order valence-electron chi connectivity index (χ3n) is 6.14. The molecule has 0 spiro atoms. The van der Waals surface area contributed by atoms with Gasteiger partial charge in [0.2, 0.25) is 0 Å². The van der Waals surface area contributed by atoms with E-state index in [1.54, 1.807) is 23.8 Å². The molecule has 1 unspecified atom stereocenters. The normalized spacial score (nSPS) is 24.1. The van der Waals surface area contributed by atoms with Gasteiger partial charge in [-0.25, -0.2) is 9.79 Å². The number of benzene rings is 2. The van der Waals surface area contributed by atoms with E-state index >= 15 is 0 Å². The summed E-state index contributed by atoms with van der Waals surface area (Å²) in [6.45, 7) is 0.632. The van der Waals surface area contributed by atoms with Crippen LogP contribution in [-0.2, 0) is 12.0 Å². The third-order valence-corrected chi connectivity index (χ3v) is 8.30. The topological polar surface area (TPSA) is 94.9 Å². The van der Waals surface area contributed by atoms with Crippen LogP contribution in [0, 0.1) is 5.92 Å². The number of thioether (sulfide) groups is 1. The van der Waals surface area contributed by atoms with Crippen LogP contribution in [0.15, 0.2) is 77.4 Å². The predicted octanol–water partition coefficient (Wildman–Crippen LogP) is 4.09. The molecule has 0 bridgehead atoms. The lowest BCUT2D eigenvalue weighted by Gasteiger charge is -2.39. The highest BCUT2D eigenvalue weighted by molar-refractivity contribution is 8.14. The number of fused-ring (bicyclic) bond motifs is 1. The van der Waals surface area contributed by atoms with Crippen molar-refractivity contribution in [2.75, 3.05) is 13.1 Å². The molecule has 3 aromatic rings. The first-order valence-corrected chi connectivity index (χ1v) is 12.3. The Morgan fingerprint density at radius 3 is 2.52 bits per heavy atom. The van der Waals surface area contributed by atoms with Gasteiger partial charge in [-0.2, -0.15) is 0 Å². The number of amidine groups is 1. The number of aromatic nitrogens is 1. The van der Waals surface area contributed by atoms with Crippen molar-refractivity contribution in [3.63, 3.8) is 0 Å². The monoisotopic (exact) mass is 478 g/mol. The van der Waals surface area contributed by atoms with E-state index < -0.39 is 11.6 Å². The van der Waals surface area contributed by atoms with Crippen molar-refractivity contribution in [1.29, 1.82) is 0 Å². The smallest absolute Gasteiger partial charge is 0.407 e. The number of hydrogen-bond donors (Lipinski definition) is 2. The number of aliphatic imine (C=N–C) groups is 1. The van der Waals surface area contributed by atoms with E-state index in [1.807, 2.05) is 36.4 Å². The standard InChI is InChI=1S/C24H22N4O3S2/c29-21(17-9-5-2-6-10-17)26-22-27-24(20-12-25-15-32-20)14-28(23(30)31)13-18(24)19(33-22)11-16-7-3-1-4-8-16/h1-10,12,15,18-19H,11,13-14H2,(H,30,31)(H,26,27,29)/t18-,19?,24-/m0/s1. The van der Waals surface area contributed by atoms with Gasteiger partial charge in [-0.15, -0.1) is 11.3 Å². The van der Waals surface area contributed by atoms with E-state index in [0.29, 0.717) is 17.3 Å². The number of nitrogens with zero attached hydrogens (tertiary/aromatic N) is 3.